The van der Waals surface area contributed by atoms with Crippen LogP contribution >= 0.6 is 0 Å². The topological polar surface area (TPSA) is 66.9 Å². The van der Waals surface area contributed by atoms with E-state index in [4.69, 9.17) is 4.74 Å². The normalized spacial score (nSPS) is 22.3. The Morgan fingerprint density at radius 1 is 1.22 bits per heavy atom. The second kappa shape index (κ2) is 7.80. The quantitative estimate of drug-likeness (QED) is 0.744. The van der Waals surface area contributed by atoms with Crippen molar-refractivity contribution in [1.82, 2.24) is 9.21 Å². The van der Waals surface area contributed by atoms with Crippen LogP contribution in [-0.4, -0.2) is 57.3 Å². The molecule has 6 nitrogen and oxygen atoms in total. The molecule has 2 fully saturated rings. The first-order valence-electron chi connectivity index (χ1n) is 9.74. The molecular weight excluding hydrogens is 364 g/mol. The molecule has 1 heterocycles. The molecule has 27 heavy (non-hydrogen) atoms. The summed E-state index contributed by atoms with van der Waals surface area (Å²) in [5.74, 6) is 0.458. The summed E-state index contributed by atoms with van der Waals surface area (Å²) in [5.41, 5.74) is -0.210. The molecule has 1 saturated carbocycles. The number of benzene rings is 1. The lowest BCUT2D eigenvalue weighted by atomic mass is 9.76. The number of carbonyl (C=O) groups is 1. The van der Waals surface area contributed by atoms with Gasteiger partial charge in [0.2, 0.25) is 15.9 Å². The van der Waals surface area contributed by atoms with Crippen molar-refractivity contribution < 1.29 is 17.9 Å². The lowest BCUT2D eigenvalue weighted by Gasteiger charge is -2.30. The van der Waals surface area contributed by atoms with E-state index in [1.165, 1.54) is 4.31 Å². The molecule has 1 unspecified atom stereocenters. The van der Waals surface area contributed by atoms with Crippen molar-refractivity contribution in [3.8, 4) is 5.75 Å². The van der Waals surface area contributed by atoms with E-state index >= 15 is 0 Å². The first kappa shape index (κ1) is 20.1. The number of nitrogens with zero attached hydrogens (tertiary/aromatic N) is 2. The van der Waals surface area contributed by atoms with Gasteiger partial charge in [-0.1, -0.05) is 19.8 Å². The monoisotopic (exact) mass is 394 g/mol. The second-order valence-electron chi connectivity index (χ2n) is 7.97. The van der Waals surface area contributed by atoms with Crippen LogP contribution in [0.4, 0.5) is 0 Å². The Bertz CT molecular complexity index is 768. The van der Waals surface area contributed by atoms with Gasteiger partial charge in [-0.2, -0.15) is 4.31 Å². The summed E-state index contributed by atoms with van der Waals surface area (Å²) in [4.78, 5) is 14.6. The summed E-state index contributed by atoms with van der Waals surface area (Å²) in [7, 11) is -0.130. The van der Waals surface area contributed by atoms with Crippen molar-refractivity contribution in [2.24, 2.45) is 11.3 Å². The highest BCUT2D eigenvalue weighted by Crippen LogP contribution is 2.50. The van der Waals surface area contributed by atoms with Crippen molar-refractivity contribution in [2.45, 2.75) is 43.9 Å². The van der Waals surface area contributed by atoms with Crippen LogP contribution in [0.1, 0.15) is 39.0 Å². The number of ether oxygens (including phenoxy) is 1. The highest BCUT2D eigenvalue weighted by molar-refractivity contribution is 7.89. The SMILES string of the molecule is CCCOc1ccc(S(=O)(=O)N2CC(C(=O)N(C)C)C3(CCCC3)C2)cc1. The Kier molecular flexibility index (Phi) is 5.82. The van der Waals surface area contributed by atoms with Gasteiger partial charge in [-0.3, -0.25) is 4.79 Å². The number of rotatable bonds is 6. The molecule has 1 aliphatic carbocycles. The lowest BCUT2D eigenvalue weighted by molar-refractivity contribution is -0.135. The van der Waals surface area contributed by atoms with E-state index in [0.29, 0.717) is 18.9 Å². The minimum atomic E-state index is -3.62. The van der Waals surface area contributed by atoms with Gasteiger partial charge < -0.3 is 9.64 Å². The zero-order valence-electron chi connectivity index (χ0n) is 16.5. The molecule has 1 atom stereocenters. The average Bonchev–Trinajstić information content (AvgIpc) is 3.28. The third kappa shape index (κ3) is 3.85. The molecule has 7 heteroatoms. The molecule has 1 saturated heterocycles. The van der Waals surface area contributed by atoms with E-state index in [0.717, 1.165) is 32.1 Å². The van der Waals surface area contributed by atoms with E-state index in [1.54, 1.807) is 43.3 Å². The predicted molar refractivity (Wildman–Crippen MR) is 104 cm³/mol. The fourth-order valence-electron chi connectivity index (χ4n) is 4.42. The highest BCUT2D eigenvalue weighted by Gasteiger charge is 2.54. The lowest BCUT2D eigenvalue weighted by Crippen LogP contribution is -2.39. The van der Waals surface area contributed by atoms with E-state index in [-0.39, 0.29) is 28.7 Å². The highest BCUT2D eigenvalue weighted by atomic mass is 32.2. The Labute approximate surface area is 162 Å². The molecule has 0 aromatic heterocycles. The van der Waals surface area contributed by atoms with Crippen LogP contribution < -0.4 is 4.74 Å². The van der Waals surface area contributed by atoms with Gasteiger partial charge >= 0.3 is 0 Å². The minimum absolute atomic E-state index is 0.0397. The number of amides is 1. The molecule has 1 aromatic rings. The van der Waals surface area contributed by atoms with Gasteiger partial charge in [0, 0.05) is 27.2 Å². The summed E-state index contributed by atoms with van der Waals surface area (Å²) >= 11 is 0. The van der Waals surface area contributed by atoms with Gasteiger partial charge in [0.15, 0.2) is 0 Å². The van der Waals surface area contributed by atoms with Crippen molar-refractivity contribution in [2.75, 3.05) is 33.8 Å². The fourth-order valence-corrected chi connectivity index (χ4v) is 5.97. The second-order valence-corrected chi connectivity index (χ2v) is 9.91. The van der Waals surface area contributed by atoms with Gasteiger partial charge in [0.1, 0.15) is 5.75 Å². The Balaban J connectivity index is 1.83. The smallest absolute Gasteiger partial charge is 0.243 e. The van der Waals surface area contributed by atoms with E-state index in [1.807, 2.05) is 6.92 Å². The first-order valence-corrected chi connectivity index (χ1v) is 11.2. The maximum Gasteiger partial charge on any atom is 0.243 e. The number of hydrogen-bond donors (Lipinski definition) is 0. The van der Waals surface area contributed by atoms with Crippen LogP contribution in [0.2, 0.25) is 0 Å². The fraction of sp³-hybridized carbons (Fsp3) is 0.650. The number of carbonyl (C=O) groups excluding carboxylic acids is 1. The van der Waals surface area contributed by atoms with Gasteiger partial charge in [0.25, 0.3) is 0 Å². The number of hydrogen-bond acceptors (Lipinski definition) is 4. The van der Waals surface area contributed by atoms with Crippen molar-refractivity contribution in [1.29, 1.82) is 0 Å². The third-order valence-electron chi connectivity index (χ3n) is 5.89. The Morgan fingerprint density at radius 2 is 1.85 bits per heavy atom. The molecule has 3 rings (SSSR count). The molecular formula is C20H30N2O4S. The van der Waals surface area contributed by atoms with Crippen LogP contribution in [0, 0.1) is 11.3 Å². The summed E-state index contributed by atoms with van der Waals surface area (Å²) in [6.45, 7) is 3.34. The summed E-state index contributed by atoms with van der Waals surface area (Å²) in [5, 5.41) is 0. The van der Waals surface area contributed by atoms with Crippen LogP contribution in [0.15, 0.2) is 29.2 Å². The molecule has 2 aliphatic rings. The third-order valence-corrected chi connectivity index (χ3v) is 7.72. The Hall–Kier alpha value is -1.60. The van der Waals surface area contributed by atoms with Crippen molar-refractivity contribution in [3.05, 3.63) is 24.3 Å². The maximum absolute atomic E-state index is 13.2. The van der Waals surface area contributed by atoms with Gasteiger partial charge in [0.05, 0.1) is 17.4 Å². The van der Waals surface area contributed by atoms with Crippen molar-refractivity contribution >= 4 is 15.9 Å². The molecule has 150 valence electrons. The van der Waals surface area contributed by atoms with Gasteiger partial charge in [-0.15, -0.1) is 0 Å². The van der Waals surface area contributed by atoms with Gasteiger partial charge in [-0.05, 0) is 48.9 Å². The maximum atomic E-state index is 13.2. The van der Waals surface area contributed by atoms with Gasteiger partial charge in [-0.25, -0.2) is 8.42 Å². The standard InChI is InChI=1S/C20H30N2O4S/c1-4-13-26-16-7-9-17(10-8-16)27(24,25)22-14-18(19(23)21(2)3)20(15-22)11-5-6-12-20/h7-10,18H,4-6,11-15H2,1-3H3. The van der Waals surface area contributed by atoms with Crippen molar-refractivity contribution in [3.63, 3.8) is 0 Å². The zero-order chi connectivity index (χ0) is 19.7. The summed E-state index contributed by atoms with van der Waals surface area (Å²) in [6, 6.07) is 6.60. The molecule has 0 bridgehead atoms. The van der Waals surface area contributed by atoms with E-state index in [2.05, 4.69) is 0 Å². The molecule has 1 aliphatic heterocycles. The molecule has 0 N–H and O–H groups in total. The molecule has 1 aromatic carbocycles. The van der Waals surface area contributed by atoms with E-state index in [9.17, 15) is 13.2 Å². The van der Waals surface area contributed by atoms with E-state index < -0.39 is 10.0 Å². The van der Waals surface area contributed by atoms with Crippen LogP contribution in [0.3, 0.4) is 0 Å². The zero-order valence-corrected chi connectivity index (χ0v) is 17.3. The summed E-state index contributed by atoms with van der Waals surface area (Å²) < 4.78 is 33.5. The van der Waals surface area contributed by atoms with Crippen LogP contribution in [0.5, 0.6) is 5.75 Å². The minimum Gasteiger partial charge on any atom is -0.494 e. The predicted octanol–water partition coefficient (Wildman–Crippen LogP) is 2.74. The first-order chi connectivity index (χ1) is 12.8. The molecule has 0 radical (unpaired) electrons. The average molecular weight is 395 g/mol. The molecule has 1 spiro atoms. The van der Waals surface area contributed by atoms with Crippen LogP contribution in [-0.2, 0) is 14.8 Å². The summed E-state index contributed by atoms with van der Waals surface area (Å²) in [6.07, 6.45) is 4.88. The number of sulfonamides is 1. The Morgan fingerprint density at radius 3 is 2.41 bits per heavy atom. The van der Waals surface area contributed by atoms with Crippen LogP contribution in [0.25, 0.3) is 0 Å². The molecule has 1 amide bonds. The largest absolute Gasteiger partial charge is 0.494 e.